The van der Waals surface area contributed by atoms with E-state index < -0.39 is 0 Å². The van der Waals surface area contributed by atoms with Gasteiger partial charge < -0.3 is 9.64 Å². The summed E-state index contributed by atoms with van der Waals surface area (Å²) in [7, 11) is 0. The number of hydrogen-bond acceptors (Lipinski definition) is 6. The molecule has 2 saturated heterocycles. The van der Waals surface area contributed by atoms with Crippen molar-refractivity contribution in [2.24, 2.45) is 0 Å². The van der Waals surface area contributed by atoms with E-state index in [0.717, 1.165) is 44.0 Å². The SMILES string of the molecule is Cc1cccc(CO[C@@H]2C[C@@H]3CN(C(=O)c4cscn4)CCN3C2)n1. The summed E-state index contributed by atoms with van der Waals surface area (Å²) in [6.07, 6.45) is 1.17. The average Bonchev–Trinajstić information content (AvgIpc) is 3.28. The van der Waals surface area contributed by atoms with Gasteiger partial charge in [-0.3, -0.25) is 14.7 Å². The molecule has 4 heterocycles. The molecule has 2 atom stereocenters. The van der Waals surface area contributed by atoms with Gasteiger partial charge in [0.15, 0.2) is 0 Å². The van der Waals surface area contributed by atoms with E-state index in [-0.39, 0.29) is 12.0 Å². The standard InChI is InChI=1S/C18H22N4O2S/c1-13-3-2-4-14(20-13)10-24-16-7-15-8-22(6-5-21(15)9-16)18(23)17-11-25-12-19-17/h2-4,11-12,15-16H,5-10H2,1H3/t15-,16-/m1/s1. The zero-order chi connectivity index (χ0) is 17.2. The monoisotopic (exact) mass is 358 g/mol. The third kappa shape index (κ3) is 3.73. The lowest BCUT2D eigenvalue weighted by molar-refractivity contribution is 0.0434. The summed E-state index contributed by atoms with van der Waals surface area (Å²) in [4.78, 5) is 25.5. The van der Waals surface area contributed by atoms with Crippen LogP contribution in [-0.4, -0.2) is 64.0 Å². The predicted molar refractivity (Wildman–Crippen MR) is 95.5 cm³/mol. The van der Waals surface area contributed by atoms with Gasteiger partial charge in [0.2, 0.25) is 0 Å². The molecule has 2 aliphatic rings. The van der Waals surface area contributed by atoms with Crippen molar-refractivity contribution >= 4 is 17.2 Å². The first-order valence-electron chi connectivity index (χ1n) is 8.64. The molecule has 0 saturated carbocycles. The molecule has 7 heteroatoms. The van der Waals surface area contributed by atoms with Gasteiger partial charge in [-0.25, -0.2) is 4.98 Å². The molecule has 0 aliphatic carbocycles. The van der Waals surface area contributed by atoms with E-state index in [1.165, 1.54) is 11.3 Å². The van der Waals surface area contributed by atoms with Gasteiger partial charge >= 0.3 is 0 Å². The Morgan fingerprint density at radius 3 is 3.08 bits per heavy atom. The van der Waals surface area contributed by atoms with E-state index in [1.807, 2.05) is 35.4 Å². The third-order valence-corrected chi connectivity index (χ3v) is 5.52. The van der Waals surface area contributed by atoms with Gasteiger partial charge in [0, 0.05) is 43.3 Å². The van der Waals surface area contributed by atoms with Gasteiger partial charge in [0.1, 0.15) is 5.69 Å². The average molecular weight is 358 g/mol. The fourth-order valence-electron chi connectivity index (χ4n) is 3.66. The molecule has 0 N–H and O–H groups in total. The number of aryl methyl sites for hydroxylation is 1. The first kappa shape index (κ1) is 16.6. The van der Waals surface area contributed by atoms with E-state index >= 15 is 0 Å². The quantitative estimate of drug-likeness (QED) is 0.836. The lowest BCUT2D eigenvalue weighted by atomic mass is 10.1. The molecule has 6 nitrogen and oxygen atoms in total. The molecule has 4 rings (SSSR count). The topological polar surface area (TPSA) is 58.6 Å². The molecule has 2 aromatic rings. The zero-order valence-electron chi connectivity index (χ0n) is 14.3. The Morgan fingerprint density at radius 1 is 1.36 bits per heavy atom. The minimum atomic E-state index is 0.0502. The van der Waals surface area contributed by atoms with Gasteiger partial charge in [0.25, 0.3) is 5.91 Å². The first-order chi connectivity index (χ1) is 12.2. The molecular weight excluding hydrogens is 336 g/mol. The highest BCUT2D eigenvalue weighted by molar-refractivity contribution is 7.07. The normalized spacial score (nSPS) is 23.6. The van der Waals surface area contributed by atoms with Crippen molar-refractivity contribution < 1.29 is 9.53 Å². The van der Waals surface area contributed by atoms with Crippen LogP contribution in [0, 0.1) is 6.92 Å². The van der Waals surface area contributed by atoms with Crippen molar-refractivity contribution in [1.29, 1.82) is 0 Å². The minimum absolute atomic E-state index is 0.0502. The van der Waals surface area contributed by atoms with E-state index in [1.54, 1.807) is 5.51 Å². The molecule has 0 radical (unpaired) electrons. The highest BCUT2D eigenvalue weighted by atomic mass is 32.1. The maximum absolute atomic E-state index is 12.5. The van der Waals surface area contributed by atoms with Crippen molar-refractivity contribution in [1.82, 2.24) is 19.8 Å². The fourth-order valence-corrected chi connectivity index (χ4v) is 4.19. The lowest BCUT2D eigenvalue weighted by Gasteiger charge is -2.36. The summed E-state index contributed by atoms with van der Waals surface area (Å²) in [5.41, 5.74) is 4.27. The van der Waals surface area contributed by atoms with E-state index in [4.69, 9.17) is 4.74 Å². The summed E-state index contributed by atoms with van der Waals surface area (Å²) >= 11 is 1.46. The molecular formula is C18H22N4O2S. The molecule has 0 spiro atoms. The van der Waals surface area contributed by atoms with Gasteiger partial charge in [-0.2, -0.15) is 0 Å². The minimum Gasteiger partial charge on any atom is -0.371 e. The number of ether oxygens (including phenoxy) is 1. The van der Waals surface area contributed by atoms with Crippen LogP contribution in [0.4, 0.5) is 0 Å². The van der Waals surface area contributed by atoms with Crippen LogP contribution in [0.2, 0.25) is 0 Å². The summed E-state index contributed by atoms with van der Waals surface area (Å²) in [5, 5.41) is 1.82. The summed E-state index contributed by atoms with van der Waals surface area (Å²) in [5.74, 6) is 0.0502. The molecule has 0 aromatic carbocycles. The summed E-state index contributed by atoms with van der Waals surface area (Å²) in [6.45, 7) is 5.91. The van der Waals surface area contributed by atoms with Crippen LogP contribution >= 0.6 is 11.3 Å². The molecule has 2 aromatic heterocycles. The van der Waals surface area contributed by atoms with Crippen LogP contribution in [0.3, 0.4) is 0 Å². The number of aromatic nitrogens is 2. The Balaban J connectivity index is 1.32. The van der Waals surface area contributed by atoms with Crippen LogP contribution < -0.4 is 0 Å². The predicted octanol–water partition coefficient (Wildman–Crippen LogP) is 1.96. The first-order valence-corrected chi connectivity index (χ1v) is 9.59. The Kier molecular flexibility index (Phi) is 4.78. The van der Waals surface area contributed by atoms with Gasteiger partial charge in [-0.15, -0.1) is 11.3 Å². The molecule has 2 aliphatic heterocycles. The van der Waals surface area contributed by atoms with Crippen molar-refractivity contribution in [2.45, 2.75) is 32.1 Å². The van der Waals surface area contributed by atoms with Gasteiger partial charge in [-0.05, 0) is 25.5 Å². The largest absolute Gasteiger partial charge is 0.371 e. The van der Waals surface area contributed by atoms with Gasteiger partial charge in [0.05, 0.1) is 23.9 Å². The van der Waals surface area contributed by atoms with Crippen molar-refractivity contribution in [2.75, 3.05) is 26.2 Å². The number of fused-ring (bicyclic) bond motifs is 1. The molecule has 132 valence electrons. The number of amides is 1. The number of nitrogens with zero attached hydrogens (tertiary/aromatic N) is 4. The third-order valence-electron chi connectivity index (χ3n) is 4.93. The van der Waals surface area contributed by atoms with Gasteiger partial charge in [-0.1, -0.05) is 6.07 Å². The Labute approximate surface area is 151 Å². The second-order valence-electron chi connectivity index (χ2n) is 6.71. The lowest BCUT2D eigenvalue weighted by Crippen LogP contribution is -2.52. The van der Waals surface area contributed by atoms with Crippen LogP contribution in [0.5, 0.6) is 0 Å². The van der Waals surface area contributed by atoms with Crippen LogP contribution in [0.15, 0.2) is 29.1 Å². The molecule has 1 amide bonds. The number of carbonyl (C=O) groups is 1. The second kappa shape index (κ2) is 7.19. The summed E-state index contributed by atoms with van der Waals surface area (Å²) < 4.78 is 6.09. The summed E-state index contributed by atoms with van der Waals surface area (Å²) in [6, 6.07) is 6.39. The van der Waals surface area contributed by atoms with E-state index in [9.17, 15) is 4.79 Å². The molecule has 2 fully saturated rings. The van der Waals surface area contributed by atoms with Crippen LogP contribution in [0.25, 0.3) is 0 Å². The Bertz CT molecular complexity index is 736. The Hall–Kier alpha value is -1.83. The highest BCUT2D eigenvalue weighted by Gasteiger charge is 2.38. The molecule has 25 heavy (non-hydrogen) atoms. The van der Waals surface area contributed by atoms with Crippen LogP contribution in [-0.2, 0) is 11.3 Å². The number of carbonyl (C=O) groups excluding carboxylic acids is 1. The van der Waals surface area contributed by atoms with E-state index in [2.05, 4.69) is 14.9 Å². The van der Waals surface area contributed by atoms with E-state index in [0.29, 0.717) is 18.3 Å². The number of pyridine rings is 1. The zero-order valence-corrected chi connectivity index (χ0v) is 15.1. The highest BCUT2D eigenvalue weighted by Crippen LogP contribution is 2.25. The molecule has 0 bridgehead atoms. The second-order valence-corrected chi connectivity index (χ2v) is 7.43. The van der Waals surface area contributed by atoms with Crippen molar-refractivity contribution in [3.63, 3.8) is 0 Å². The Morgan fingerprint density at radius 2 is 2.28 bits per heavy atom. The number of rotatable bonds is 4. The van der Waals surface area contributed by atoms with Crippen LogP contribution in [0.1, 0.15) is 28.3 Å². The van der Waals surface area contributed by atoms with Crippen molar-refractivity contribution in [3.8, 4) is 0 Å². The maximum atomic E-state index is 12.5. The van der Waals surface area contributed by atoms with Crippen molar-refractivity contribution in [3.05, 3.63) is 46.2 Å². The maximum Gasteiger partial charge on any atom is 0.273 e. The number of thiazole rings is 1. The number of piperazine rings is 1. The molecule has 0 unspecified atom stereocenters. The number of hydrogen-bond donors (Lipinski definition) is 0. The smallest absolute Gasteiger partial charge is 0.273 e. The fraction of sp³-hybridized carbons (Fsp3) is 0.500.